The van der Waals surface area contributed by atoms with Crippen LogP contribution in [0.25, 0.3) is 11.3 Å². The molecule has 2 aromatic rings. The van der Waals surface area contributed by atoms with Crippen molar-refractivity contribution in [2.24, 2.45) is 0 Å². The molecular formula is C11H7NO3S. The fourth-order valence-corrected chi connectivity index (χ4v) is 2.09. The third kappa shape index (κ3) is 1.72. The highest BCUT2D eigenvalue weighted by atomic mass is 32.1. The Labute approximate surface area is 95.3 Å². The minimum absolute atomic E-state index is 0.0220. The number of carbonyl (C=O) groups excluding carboxylic acids is 1. The SMILES string of the molecule is O=Cc1snc(-c2ccccc2)c1C(=O)O. The van der Waals surface area contributed by atoms with Gasteiger partial charge in [-0.2, -0.15) is 4.37 Å². The van der Waals surface area contributed by atoms with E-state index in [4.69, 9.17) is 5.11 Å². The maximum absolute atomic E-state index is 11.0. The van der Waals surface area contributed by atoms with E-state index in [1.54, 1.807) is 24.3 Å². The predicted octanol–water partition coefficient (Wildman–Crippen LogP) is 2.32. The zero-order chi connectivity index (χ0) is 11.5. The van der Waals surface area contributed by atoms with Crippen LogP contribution >= 0.6 is 11.5 Å². The average molecular weight is 233 g/mol. The second-order valence-corrected chi connectivity index (χ2v) is 3.86. The van der Waals surface area contributed by atoms with Gasteiger partial charge in [0.1, 0.15) is 10.4 Å². The van der Waals surface area contributed by atoms with Crippen LogP contribution < -0.4 is 0 Å². The molecule has 1 N–H and O–H groups in total. The molecule has 1 heterocycles. The highest BCUT2D eigenvalue weighted by Gasteiger charge is 2.20. The molecule has 16 heavy (non-hydrogen) atoms. The van der Waals surface area contributed by atoms with Crippen LogP contribution in [0.4, 0.5) is 0 Å². The van der Waals surface area contributed by atoms with Crippen molar-refractivity contribution in [1.29, 1.82) is 0 Å². The monoisotopic (exact) mass is 233 g/mol. The number of aromatic nitrogens is 1. The summed E-state index contributed by atoms with van der Waals surface area (Å²) in [5, 5.41) is 9.04. The summed E-state index contributed by atoms with van der Waals surface area (Å²) in [7, 11) is 0. The molecule has 4 nitrogen and oxygen atoms in total. The Morgan fingerprint density at radius 1 is 1.31 bits per heavy atom. The van der Waals surface area contributed by atoms with E-state index in [1.807, 2.05) is 6.07 Å². The molecule has 0 amide bonds. The first-order valence-corrected chi connectivity index (χ1v) is 5.25. The van der Waals surface area contributed by atoms with Crippen LogP contribution in [0.15, 0.2) is 30.3 Å². The van der Waals surface area contributed by atoms with Crippen molar-refractivity contribution in [1.82, 2.24) is 4.37 Å². The molecule has 1 aromatic carbocycles. The normalized spacial score (nSPS) is 10.0. The quantitative estimate of drug-likeness (QED) is 0.826. The molecule has 2 rings (SSSR count). The minimum atomic E-state index is -1.13. The molecular weight excluding hydrogens is 226 g/mol. The van der Waals surface area contributed by atoms with Gasteiger partial charge in [-0.1, -0.05) is 30.3 Å². The molecule has 0 unspecified atom stereocenters. The molecule has 1 aromatic heterocycles. The van der Waals surface area contributed by atoms with Gasteiger partial charge in [0, 0.05) is 5.56 Å². The topological polar surface area (TPSA) is 67.3 Å². The number of carbonyl (C=O) groups is 2. The van der Waals surface area contributed by atoms with E-state index in [-0.39, 0.29) is 10.4 Å². The van der Waals surface area contributed by atoms with E-state index in [2.05, 4.69) is 4.37 Å². The van der Waals surface area contributed by atoms with Crippen molar-refractivity contribution >= 4 is 23.8 Å². The van der Waals surface area contributed by atoms with Gasteiger partial charge in [0.2, 0.25) is 0 Å². The number of hydrogen-bond acceptors (Lipinski definition) is 4. The number of rotatable bonds is 3. The van der Waals surface area contributed by atoms with Crippen LogP contribution in [0, 0.1) is 0 Å². The smallest absolute Gasteiger partial charge is 0.339 e. The van der Waals surface area contributed by atoms with E-state index < -0.39 is 5.97 Å². The lowest BCUT2D eigenvalue weighted by Gasteiger charge is -1.98. The summed E-state index contributed by atoms with van der Waals surface area (Å²) in [6.45, 7) is 0. The summed E-state index contributed by atoms with van der Waals surface area (Å²) >= 11 is 0.900. The van der Waals surface area contributed by atoms with Gasteiger partial charge in [0.25, 0.3) is 0 Å². The highest BCUT2D eigenvalue weighted by molar-refractivity contribution is 7.08. The molecule has 0 atom stereocenters. The van der Waals surface area contributed by atoms with Gasteiger partial charge in [-0.15, -0.1) is 0 Å². The largest absolute Gasteiger partial charge is 0.478 e. The molecule has 0 bridgehead atoms. The Bertz CT molecular complexity index is 533. The molecule has 0 saturated carbocycles. The second kappa shape index (κ2) is 4.24. The lowest BCUT2D eigenvalue weighted by molar-refractivity contribution is 0.0695. The van der Waals surface area contributed by atoms with E-state index in [0.29, 0.717) is 17.5 Å². The molecule has 0 aliphatic carbocycles. The molecule has 0 fully saturated rings. The van der Waals surface area contributed by atoms with E-state index in [9.17, 15) is 9.59 Å². The standard InChI is InChI=1S/C11H7NO3S/c13-6-8-9(11(14)15)10(12-16-8)7-4-2-1-3-5-7/h1-6H,(H,14,15). The second-order valence-electron chi connectivity index (χ2n) is 3.06. The first-order chi connectivity index (χ1) is 7.74. The molecule has 0 spiro atoms. The third-order valence-electron chi connectivity index (χ3n) is 2.09. The Balaban J connectivity index is 2.62. The summed E-state index contributed by atoms with van der Waals surface area (Å²) in [6, 6.07) is 8.94. The predicted molar refractivity (Wildman–Crippen MR) is 59.9 cm³/mol. The van der Waals surface area contributed by atoms with E-state index in [0.717, 1.165) is 11.5 Å². The number of aldehydes is 1. The number of nitrogens with zero attached hydrogens (tertiary/aromatic N) is 1. The first-order valence-electron chi connectivity index (χ1n) is 4.47. The summed E-state index contributed by atoms with van der Waals surface area (Å²) < 4.78 is 4.01. The van der Waals surface area contributed by atoms with Crippen molar-refractivity contribution in [2.75, 3.05) is 0 Å². The van der Waals surface area contributed by atoms with Crippen molar-refractivity contribution < 1.29 is 14.7 Å². The summed E-state index contributed by atoms with van der Waals surface area (Å²) in [5.41, 5.74) is 1.02. The van der Waals surface area contributed by atoms with Gasteiger partial charge in [-0.3, -0.25) is 4.79 Å². The van der Waals surface area contributed by atoms with Crippen LogP contribution in [0.5, 0.6) is 0 Å². The van der Waals surface area contributed by atoms with Gasteiger partial charge >= 0.3 is 5.97 Å². The van der Waals surface area contributed by atoms with Gasteiger partial charge in [0.15, 0.2) is 6.29 Å². The highest BCUT2D eigenvalue weighted by Crippen LogP contribution is 2.27. The van der Waals surface area contributed by atoms with Crippen LogP contribution in [0.3, 0.4) is 0 Å². The van der Waals surface area contributed by atoms with Gasteiger partial charge in [-0.05, 0) is 11.5 Å². The average Bonchev–Trinajstić information content (AvgIpc) is 2.73. The summed E-state index contributed by atoms with van der Waals surface area (Å²) in [5.74, 6) is -1.13. The van der Waals surface area contributed by atoms with Crippen molar-refractivity contribution in [3.8, 4) is 11.3 Å². The van der Waals surface area contributed by atoms with E-state index >= 15 is 0 Å². The first kappa shape index (κ1) is 10.5. The van der Waals surface area contributed by atoms with Gasteiger partial charge in [0.05, 0.1) is 5.69 Å². The van der Waals surface area contributed by atoms with Crippen LogP contribution in [0.1, 0.15) is 20.0 Å². The number of carboxylic acid groups (broad SMARTS) is 1. The third-order valence-corrected chi connectivity index (χ3v) is 2.86. The zero-order valence-corrected chi connectivity index (χ0v) is 8.90. The van der Waals surface area contributed by atoms with E-state index in [1.165, 1.54) is 0 Å². The van der Waals surface area contributed by atoms with Gasteiger partial charge < -0.3 is 5.11 Å². The molecule has 0 saturated heterocycles. The Morgan fingerprint density at radius 2 is 2.00 bits per heavy atom. The molecule has 0 aliphatic rings. The van der Waals surface area contributed by atoms with Crippen molar-refractivity contribution in [3.63, 3.8) is 0 Å². The van der Waals surface area contributed by atoms with Crippen molar-refractivity contribution in [2.45, 2.75) is 0 Å². The molecule has 80 valence electrons. The maximum atomic E-state index is 11.0. The maximum Gasteiger partial charge on any atom is 0.339 e. The zero-order valence-electron chi connectivity index (χ0n) is 8.08. The molecule has 5 heteroatoms. The fourth-order valence-electron chi connectivity index (χ4n) is 1.38. The lowest BCUT2D eigenvalue weighted by atomic mass is 10.1. The summed E-state index contributed by atoms with van der Waals surface area (Å²) in [6.07, 6.45) is 0.521. The fraction of sp³-hybridized carbons (Fsp3) is 0. The minimum Gasteiger partial charge on any atom is -0.478 e. The number of hydrogen-bond donors (Lipinski definition) is 1. The van der Waals surface area contributed by atoms with Crippen LogP contribution in [-0.4, -0.2) is 21.7 Å². The Kier molecular flexibility index (Phi) is 2.78. The Hall–Kier alpha value is -2.01. The molecule has 0 radical (unpaired) electrons. The molecule has 0 aliphatic heterocycles. The number of aromatic carboxylic acids is 1. The number of benzene rings is 1. The summed E-state index contributed by atoms with van der Waals surface area (Å²) in [4.78, 5) is 21.9. The lowest BCUT2D eigenvalue weighted by Crippen LogP contribution is -2.00. The van der Waals surface area contributed by atoms with Crippen LogP contribution in [-0.2, 0) is 0 Å². The Morgan fingerprint density at radius 3 is 2.56 bits per heavy atom. The number of carboxylic acids is 1. The van der Waals surface area contributed by atoms with Gasteiger partial charge in [-0.25, -0.2) is 4.79 Å². The van der Waals surface area contributed by atoms with Crippen molar-refractivity contribution in [3.05, 3.63) is 40.8 Å². The van der Waals surface area contributed by atoms with Crippen LogP contribution in [0.2, 0.25) is 0 Å².